The van der Waals surface area contributed by atoms with Gasteiger partial charge < -0.3 is 10.6 Å². The van der Waals surface area contributed by atoms with Crippen molar-refractivity contribution in [3.63, 3.8) is 0 Å². The van der Waals surface area contributed by atoms with Gasteiger partial charge in [0.15, 0.2) is 5.84 Å². The highest BCUT2D eigenvalue weighted by atomic mass is 16.2. The molecule has 1 aliphatic carbocycles. The van der Waals surface area contributed by atoms with Gasteiger partial charge in [0.1, 0.15) is 0 Å². The fraction of sp³-hybridized carbons (Fsp3) is 0.429. The molecule has 1 aromatic rings. The average molecular weight is 243 g/mol. The third kappa shape index (κ3) is 2.23. The molecule has 18 heavy (non-hydrogen) atoms. The maximum absolute atomic E-state index is 12.1. The number of nitrogens with zero attached hydrogens (tertiary/aromatic N) is 1. The molecule has 0 saturated heterocycles. The fourth-order valence-electron chi connectivity index (χ4n) is 2.65. The largest absolute Gasteiger partial charge is 0.361 e. The van der Waals surface area contributed by atoms with Crippen molar-refractivity contribution in [3.05, 3.63) is 30.3 Å². The summed E-state index contributed by atoms with van der Waals surface area (Å²) in [6, 6.07) is 10.2. The van der Waals surface area contributed by atoms with Crippen LogP contribution in [-0.4, -0.2) is 23.8 Å². The lowest BCUT2D eigenvalue weighted by Crippen LogP contribution is -2.40. The molecule has 2 atom stereocenters. The Kier molecular flexibility index (Phi) is 3.00. The molecule has 0 unspecified atom stereocenters. The maximum atomic E-state index is 12.1. The Morgan fingerprint density at radius 3 is 2.78 bits per heavy atom. The topological polar surface area (TPSA) is 53.5 Å². The standard InChI is InChI=1S/C14H17N3O/c18-14(15-10-6-2-1-3-7-10)13-16-11-8-4-5-9-12(11)17-13/h1-3,6-7,11-12H,4-5,8-9H2,(H,15,18)(H,16,17)/t11-,12-/m0/s1. The molecule has 1 aromatic carbocycles. The second-order valence-corrected chi connectivity index (χ2v) is 4.90. The van der Waals surface area contributed by atoms with Gasteiger partial charge in [-0.25, -0.2) is 0 Å². The van der Waals surface area contributed by atoms with Crippen molar-refractivity contribution >= 4 is 17.4 Å². The molecule has 4 nitrogen and oxygen atoms in total. The van der Waals surface area contributed by atoms with Gasteiger partial charge in [-0.05, 0) is 25.0 Å². The van der Waals surface area contributed by atoms with E-state index in [9.17, 15) is 4.79 Å². The van der Waals surface area contributed by atoms with Crippen molar-refractivity contribution in [2.45, 2.75) is 37.8 Å². The van der Waals surface area contributed by atoms with E-state index in [0.29, 0.717) is 17.9 Å². The number of aliphatic imine (C=N–C) groups is 1. The summed E-state index contributed by atoms with van der Waals surface area (Å²) >= 11 is 0. The Morgan fingerprint density at radius 2 is 2.00 bits per heavy atom. The Morgan fingerprint density at radius 1 is 1.22 bits per heavy atom. The third-order valence-corrected chi connectivity index (χ3v) is 3.59. The number of nitrogens with one attached hydrogen (secondary N) is 2. The molecule has 2 N–H and O–H groups in total. The van der Waals surface area contributed by atoms with E-state index in [4.69, 9.17) is 0 Å². The van der Waals surface area contributed by atoms with Crippen LogP contribution < -0.4 is 10.6 Å². The summed E-state index contributed by atoms with van der Waals surface area (Å²) in [6.07, 6.45) is 4.67. The Bertz CT molecular complexity index is 469. The number of para-hydroxylation sites is 1. The zero-order valence-corrected chi connectivity index (χ0v) is 10.2. The number of carbonyl (C=O) groups excluding carboxylic acids is 1. The van der Waals surface area contributed by atoms with E-state index in [1.54, 1.807) is 0 Å². The van der Waals surface area contributed by atoms with E-state index in [1.165, 1.54) is 12.8 Å². The Balaban J connectivity index is 1.67. The Labute approximate surface area is 106 Å². The zero-order valence-electron chi connectivity index (χ0n) is 10.2. The van der Waals surface area contributed by atoms with Crippen LogP contribution in [-0.2, 0) is 4.79 Å². The van der Waals surface area contributed by atoms with Crippen molar-refractivity contribution < 1.29 is 4.79 Å². The molecule has 1 amide bonds. The quantitative estimate of drug-likeness (QED) is 0.834. The first-order chi connectivity index (χ1) is 8.83. The molecule has 1 aliphatic heterocycles. The van der Waals surface area contributed by atoms with E-state index in [0.717, 1.165) is 18.5 Å². The van der Waals surface area contributed by atoms with Gasteiger partial charge in [0.05, 0.1) is 12.1 Å². The van der Waals surface area contributed by atoms with Crippen LogP contribution in [0.25, 0.3) is 0 Å². The highest BCUT2D eigenvalue weighted by Gasteiger charge is 2.33. The SMILES string of the molecule is O=C(Nc1ccccc1)C1=N[C@H]2CCCC[C@@H]2N1. The van der Waals surface area contributed by atoms with E-state index in [-0.39, 0.29) is 5.91 Å². The molecular weight excluding hydrogens is 226 g/mol. The second kappa shape index (κ2) is 4.80. The molecular formula is C14H17N3O. The molecule has 0 aromatic heterocycles. The van der Waals surface area contributed by atoms with Gasteiger partial charge in [-0.1, -0.05) is 31.0 Å². The van der Waals surface area contributed by atoms with Crippen LogP contribution in [0.3, 0.4) is 0 Å². The van der Waals surface area contributed by atoms with Crippen molar-refractivity contribution in [1.29, 1.82) is 0 Å². The molecule has 0 radical (unpaired) electrons. The minimum Gasteiger partial charge on any atom is -0.361 e. The predicted molar refractivity (Wildman–Crippen MR) is 71.7 cm³/mol. The van der Waals surface area contributed by atoms with Crippen LogP contribution in [0.5, 0.6) is 0 Å². The summed E-state index contributed by atoms with van der Waals surface area (Å²) in [6.45, 7) is 0. The van der Waals surface area contributed by atoms with Gasteiger partial charge in [0, 0.05) is 5.69 Å². The van der Waals surface area contributed by atoms with E-state index >= 15 is 0 Å². The van der Waals surface area contributed by atoms with Crippen LogP contribution in [0.1, 0.15) is 25.7 Å². The van der Waals surface area contributed by atoms with Crippen molar-refractivity contribution in [1.82, 2.24) is 5.32 Å². The molecule has 1 saturated carbocycles. The number of rotatable bonds is 2. The smallest absolute Gasteiger partial charge is 0.290 e. The van der Waals surface area contributed by atoms with E-state index < -0.39 is 0 Å². The van der Waals surface area contributed by atoms with Crippen LogP contribution in [0, 0.1) is 0 Å². The number of anilines is 1. The highest BCUT2D eigenvalue weighted by molar-refractivity contribution is 6.42. The lowest BCUT2D eigenvalue weighted by atomic mass is 9.92. The first kappa shape index (κ1) is 11.3. The number of hydrogen-bond donors (Lipinski definition) is 2. The average Bonchev–Trinajstić information content (AvgIpc) is 2.84. The van der Waals surface area contributed by atoms with Gasteiger partial charge in [0.25, 0.3) is 5.91 Å². The fourth-order valence-corrected chi connectivity index (χ4v) is 2.65. The summed E-state index contributed by atoms with van der Waals surface area (Å²) < 4.78 is 0. The molecule has 1 heterocycles. The van der Waals surface area contributed by atoms with Crippen molar-refractivity contribution in [2.24, 2.45) is 4.99 Å². The second-order valence-electron chi connectivity index (χ2n) is 4.90. The minimum atomic E-state index is -0.129. The van der Waals surface area contributed by atoms with E-state index in [1.807, 2.05) is 30.3 Å². The molecule has 3 rings (SSSR count). The van der Waals surface area contributed by atoms with Gasteiger partial charge in [-0.3, -0.25) is 9.79 Å². The minimum absolute atomic E-state index is 0.129. The van der Waals surface area contributed by atoms with Crippen LogP contribution in [0.15, 0.2) is 35.3 Å². The maximum Gasteiger partial charge on any atom is 0.290 e. The van der Waals surface area contributed by atoms with E-state index in [2.05, 4.69) is 15.6 Å². The van der Waals surface area contributed by atoms with Gasteiger partial charge in [-0.15, -0.1) is 0 Å². The molecule has 1 fully saturated rings. The number of amides is 1. The highest BCUT2D eigenvalue weighted by Crippen LogP contribution is 2.24. The monoisotopic (exact) mass is 243 g/mol. The molecule has 94 valence electrons. The first-order valence-electron chi connectivity index (χ1n) is 6.54. The van der Waals surface area contributed by atoms with Gasteiger partial charge in [0.2, 0.25) is 0 Å². The lowest BCUT2D eigenvalue weighted by Gasteiger charge is -2.23. The summed E-state index contributed by atoms with van der Waals surface area (Å²) in [5.41, 5.74) is 0.807. The molecule has 0 bridgehead atoms. The third-order valence-electron chi connectivity index (χ3n) is 3.59. The summed E-state index contributed by atoms with van der Waals surface area (Å²) in [5, 5.41) is 6.11. The number of hydrogen-bond acceptors (Lipinski definition) is 3. The lowest BCUT2D eigenvalue weighted by molar-refractivity contribution is -0.110. The number of amidine groups is 1. The van der Waals surface area contributed by atoms with Crippen molar-refractivity contribution in [2.75, 3.05) is 5.32 Å². The van der Waals surface area contributed by atoms with Crippen LogP contribution in [0.2, 0.25) is 0 Å². The summed E-state index contributed by atoms with van der Waals surface area (Å²) in [7, 11) is 0. The number of carbonyl (C=O) groups is 1. The predicted octanol–water partition coefficient (Wildman–Crippen LogP) is 1.94. The van der Waals surface area contributed by atoms with Crippen LogP contribution in [0.4, 0.5) is 5.69 Å². The molecule has 2 aliphatic rings. The van der Waals surface area contributed by atoms with Crippen LogP contribution >= 0.6 is 0 Å². The van der Waals surface area contributed by atoms with Gasteiger partial charge in [-0.2, -0.15) is 0 Å². The molecule has 0 spiro atoms. The summed E-state index contributed by atoms with van der Waals surface area (Å²) in [5.74, 6) is 0.367. The van der Waals surface area contributed by atoms with Crippen molar-refractivity contribution in [3.8, 4) is 0 Å². The Hall–Kier alpha value is -1.84. The molecule has 4 heteroatoms. The summed E-state index contributed by atoms with van der Waals surface area (Å²) in [4.78, 5) is 16.6. The van der Waals surface area contributed by atoms with Gasteiger partial charge >= 0.3 is 0 Å². The number of fused-ring (bicyclic) bond motifs is 1. The first-order valence-corrected chi connectivity index (χ1v) is 6.54. The normalized spacial score (nSPS) is 25.9. The zero-order chi connectivity index (χ0) is 12.4. The number of benzene rings is 1.